The van der Waals surface area contributed by atoms with Crippen LogP contribution in [0.2, 0.25) is 10.0 Å². The van der Waals surface area contributed by atoms with Crippen LogP contribution >= 0.6 is 35.4 Å². The van der Waals surface area contributed by atoms with E-state index < -0.39 is 0 Å². The first-order valence-electron chi connectivity index (χ1n) is 5.05. The van der Waals surface area contributed by atoms with E-state index in [-0.39, 0.29) is 6.04 Å². The van der Waals surface area contributed by atoms with Crippen LogP contribution in [0.3, 0.4) is 0 Å². The first-order chi connectivity index (χ1) is 8.04. The van der Waals surface area contributed by atoms with Crippen molar-refractivity contribution in [2.24, 2.45) is 0 Å². The summed E-state index contributed by atoms with van der Waals surface area (Å²) in [5.74, 6) is 0. The minimum Gasteiger partial charge on any atom is -0.383 e. The number of methoxy groups -OCH3 is 1. The molecule has 0 aliphatic carbocycles. The molecule has 0 fully saturated rings. The van der Waals surface area contributed by atoms with Crippen LogP contribution < -0.4 is 10.6 Å². The smallest absolute Gasteiger partial charge is 0.171 e. The molecule has 6 heteroatoms. The average Bonchev–Trinajstić information content (AvgIpc) is 2.25. The second kappa shape index (κ2) is 7.01. The molecule has 0 amide bonds. The van der Waals surface area contributed by atoms with Crippen molar-refractivity contribution in [3.05, 3.63) is 28.2 Å². The maximum Gasteiger partial charge on any atom is 0.171 e. The van der Waals surface area contributed by atoms with Crippen LogP contribution in [0.5, 0.6) is 0 Å². The molecule has 3 nitrogen and oxygen atoms in total. The normalized spacial score (nSPS) is 12.0. The van der Waals surface area contributed by atoms with Crippen molar-refractivity contribution in [1.82, 2.24) is 5.32 Å². The van der Waals surface area contributed by atoms with Gasteiger partial charge in [-0.3, -0.25) is 0 Å². The maximum atomic E-state index is 6.03. The van der Waals surface area contributed by atoms with Crippen LogP contribution in [0.4, 0.5) is 5.69 Å². The fourth-order valence-corrected chi connectivity index (χ4v) is 1.93. The predicted molar refractivity (Wildman–Crippen MR) is 77.2 cm³/mol. The van der Waals surface area contributed by atoms with E-state index in [4.69, 9.17) is 40.2 Å². The van der Waals surface area contributed by atoms with E-state index in [9.17, 15) is 0 Å². The highest BCUT2D eigenvalue weighted by Gasteiger charge is 2.07. The van der Waals surface area contributed by atoms with Gasteiger partial charge in [-0.25, -0.2) is 0 Å². The van der Waals surface area contributed by atoms with Crippen molar-refractivity contribution in [2.75, 3.05) is 19.0 Å². The van der Waals surface area contributed by atoms with Crippen molar-refractivity contribution >= 4 is 46.2 Å². The number of ether oxygens (including phenoxy) is 1. The van der Waals surface area contributed by atoms with Gasteiger partial charge in [0.15, 0.2) is 5.11 Å². The second-order valence-electron chi connectivity index (χ2n) is 3.56. The van der Waals surface area contributed by atoms with E-state index in [1.54, 1.807) is 19.2 Å². The standard InChI is InChI=1S/C11H14Cl2N2OS/c1-7(6-16-2)14-11(17)15-9-5-3-4-8(12)10(9)13/h3-5,7H,6H2,1-2H3,(H2,14,15,17). The van der Waals surface area contributed by atoms with Gasteiger partial charge in [-0.1, -0.05) is 29.3 Å². The van der Waals surface area contributed by atoms with E-state index in [1.807, 2.05) is 13.0 Å². The Bertz CT molecular complexity index is 401. The molecule has 1 aromatic rings. The van der Waals surface area contributed by atoms with Crippen molar-refractivity contribution in [1.29, 1.82) is 0 Å². The van der Waals surface area contributed by atoms with E-state index in [0.717, 1.165) is 0 Å². The molecule has 0 bridgehead atoms. The quantitative estimate of drug-likeness (QED) is 0.834. The van der Waals surface area contributed by atoms with Crippen molar-refractivity contribution in [3.63, 3.8) is 0 Å². The Hall–Kier alpha value is -0.550. The van der Waals surface area contributed by atoms with Crippen molar-refractivity contribution in [3.8, 4) is 0 Å². The Morgan fingerprint density at radius 2 is 2.18 bits per heavy atom. The molecule has 1 atom stereocenters. The summed E-state index contributed by atoms with van der Waals surface area (Å²) < 4.78 is 5.00. The molecule has 0 saturated heterocycles. The lowest BCUT2D eigenvalue weighted by molar-refractivity contribution is 0.179. The van der Waals surface area contributed by atoms with E-state index in [1.165, 1.54) is 0 Å². The van der Waals surface area contributed by atoms with Gasteiger partial charge in [-0.15, -0.1) is 0 Å². The molecule has 17 heavy (non-hydrogen) atoms. The van der Waals surface area contributed by atoms with Gasteiger partial charge >= 0.3 is 0 Å². The molecule has 0 spiro atoms. The Labute approximate surface area is 116 Å². The molecule has 0 saturated carbocycles. The third kappa shape index (κ3) is 4.68. The molecule has 0 heterocycles. The molecule has 0 aliphatic heterocycles. The second-order valence-corrected chi connectivity index (χ2v) is 4.75. The Morgan fingerprint density at radius 3 is 2.82 bits per heavy atom. The highest BCUT2D eigenvalue weighted by molar-refractivity contribution is 7.80. The lowest BCUT2D eigenvalue weighted by Crippen LogP contribution is -2.38. The van der Waals surface area contributed by atoms with Crippen LogP contribution in [0.1, 0.15) is 6.92 Å². The molecule has 1 rings (SSSR count). The first kappa shape index (κ1) is 14.5. The molecule has 0 aliphatic rings. The predicted octanol–water partition coefficient (Wildman–Crippen LogP) is 3.31. The van der Waals surface area contributed by atoms with Gasteiger partial charge < -0.3 is 15.4 Å². The lowest BCUT2D eigenvalue weighted by Gasteiger charge is -2.16. The Balaban J connectivity index is 2.59. The molecule has 0 aromatic heterocycles. The average molecular weight is 293 g/mol. The number of hydrogen-bond donors (Lipinski definition) is 2. The molecule has 1 unspecified atom stereocenters. The third-order valence-electron chi connectivity index (χ3n) is 1.99. The first-order valence-corrected chi connectivity index (χ1v) is 6.21. The largest absolute Gasteiger partial charge is 0.383 e. The van der Waals surface area contributed by atoms with E-state index >= 15 is 0 Å². The zero-order valence-corrected chi connectivity index (χ0v) is 11.9. The topological polar surface area (TPSA) is 33.3 Å². The summed E-state index contributed by atoms with van der Waals surface area (Å²) in [6.45, 7) is 2.54. The summed E-state index contributed by atoms with van der Waals surface area (Å²) in [5, 5.41) is 7.49. The van der Waals surface area contributed by atoms with Gasteiger partial charge in [0.2, 0.25) is 0 Å². The van der Waals surface area contributed by atoms with Gasteiger partial charge in [-0.2, -0.15) is 0 Å². The minimum atomic E-state index is 0.123. The molecule has 1 aromatic carbocycles. The summed E-state index contributed by atoms with van der Waals surface area (Å²) in [4.78, 5) is 0. The zero-order valence-electron chi connectivity index (χ0n) is 9.59. The summed E-state index contributed by atoms with van der Waals surface area (Å²) >= 11 is 17.1. The van der Waals surface area contributed by atoms with Crippen LogP contribution in [-0.4, -0.2) is 24.9 Å². The summed E-state index contributed by atoms with van der Waals surface area (Å²) in [7, 11) is 1.64. The fraction of sp³-hybridized carbons (Fsp3) is 0.364. The summed E-state index contributed by atoms with van der Waals surface area (Å²) in [6.07, 6.45) is 0. The molecule has 0 radical (unpaired) electrons. The van der Waals surface area contributed by atoms with Crippen LogP contribution in [-0.2, 0) is 4.74 Å². The van der Waals surface area contributed by atoms with Crippen LogP contribution in [0.15, 0.2) is 18.2 Å². The summed E-state index contributed by atoms with van der Waals surface area (Å²) in [5.41, 5.74) is 0.682. The number of thiocarbonyl (C=S) groups is 1. The SMILES string of the molecule is COCC(C)NC(=S)Nc1cccc(Cl)c1Cl. The van der Waals surface area contributed by atoms with Gasteiger partial charge in [-0.05, 0) is 31.3 Å². The molecular formula is C11H14Cl2N2OS. The van der Waals surface area contributed by atoms with Gasteiger partial charge in [0.05, 0.1) is 22.3 Å². The van der Waals surface area contributed by atoms with Gasteiger partial charge in [0.25, 0.3) is 0 Å². The van der Waals surface area contributed by atoms with Gasteiger partial charge in [0, 0.05) is 13.2 Å². The number of nitrogens with one attached hydrogen (secondary N) is 2. The van der Waals surface area contributed by atoms with Crippen molar-refractivity contribution in [2.45, 2.75) is 13.0 Å². The highest BCUT2D eigenvalue weighted by Crippen LogP contribution is 2.29. The number of benzene rings is 1. The molecular weight excluding hydrogens is 279 g/mol. The van der Waals surface area contributed by atoms with Crippen molar-refractivity contribution < 1.29 is 4.74 Å². The monoisotopic (exact) mass is 292 g/mol. The lowest BCUT2D eigenvalue weighted by atomic mass is 10.3. The Kier molecular flexibility index (Phi) is 5.98. The highest BCUT2D eigenvalue weighted by atomic mass is 35.5. The van der Waals surface area contributed by atoms with Crippen LogP contribution in [0, 0.1) is 0 Å². The fourth-order valence-electron chi connectivity index (χ4n) is 1.27. The van der Waals surface area contributed by atoms with Gasteiger partial charge in [0.1, 0.15) is 0 Å². The Morgan fingerprint density at radius 1 is 1.47 bits per heavy atom. The number of anilines is 1. The number of rotatable bonds is 4. The van der Waals surface area contributed by atoms with E-state index in [0.29, 0.717) is 27.5 Å². The van der Waals surface area contributed by atoms with E-state index in [2.05, 4.69) is 10.6 Å². The number of halogens is 2. The molecule has 94 valence electrons. The van der Waals surface area contributed by atoms with Crippen LogP contribution in [0.25, 0.3) is 0 Å². The minimum absolute atomic E-state index is 0.123. The number of hydrogen-bond acceptors (Lipinski definition) is 2. The molecule has 2 N–H and O–H groups in total. The summed E-state index contributed by atoms with van der Waals surface area (Å²) in [6, 6.07) is 5.46. The zero-order chi connectivity index (χ0) is 12.8. The maximum absolute atomic E-state index is 6.03. The third-order valence-corrected chi connectivity index (χ3v) is 3.03.